The third kappa shape index (κ3) is 3.33. The molecule has 0 atom stereocenters. The molecule has 0 bridgehead atoms. The lowest BCUT2D eigenvalue weighted by Crippen LogP contribution is -2.26. The van der Waals surface area contributed by atoms with Crippen molar-refractivity contribution in [2.75, 3.05) is 0 Å². The Labute approximate surface area is 83.7 Å². The first-order valence-corrected chi connectivity index (χ1v) is 5.46. The summed E-state index contributed by atoms with van der Waals surface area (Å²) in [6.45, 7) is 6.39. The lowest BCUT2D eigenvalue weighted by Gasteiger charge is -2.23. The van der Waals surface area contributed by atoms with Crippen molar-refractivity contribution in [2.45, 2.75) is 32.8 Å². The minimum Gasteiger partial charge on any atom is -0.423 e. The summed E-state index contributed by atoms with van der Waals surface area (Å²) < 4.78 is 5.51. The second-order valence-electron chi connectivity index (χ2n) is 4.13. The van der Waals surface area contributed by atoms with Gasteiger partial charge in [-0.25, -0.2) is 0 Å². The molecule has 0 aliphatic rings. The smallest absolute Gasteiger partial charge is 0.146 e. The Hall–Kier alpha value is -0.603. The van der Waals surface area contributed by atoms with Gasteiger partial charge in [0.1, 0.15) is 10.5 Å². The molecule has 0 amide bonds. The van der Waals surface area contributed by atoms with Crippen LogP contribution in [0.25, 0.3) is 0 Å². The molecule has 0 aliphatic carbocycles. The van der Waals surface area contributed by atoms with Gasteiger partial charge in [0, 0.05) is 0 Å². The molecule has 0 radical (unpaired) electrons. The van der Waals surface area contributed by atoms with E-state index < -0.39 is 0 Å². The second kappa shape index (κ2) is 4.07. The van der Waals surface area contributed by atoms with Crippen molar-refractivity contribution in [3.05, 3.63) is 35.4 Å². The predicted octanol–water partition coefficient (Wildman–Crippen LogP) is 1.61. The molecule has 0 aromatic heterocycles. The Balaban J connectivity index is 2.69. The fourth-order valence-corrected chi connectivity index (χ4v) is 1.41. The van der Waals surface area contributed by atoms with Crippen molar-refractivity contribution in [2.24, 2.45) is 0 Å². The highest BCUT2D eigenvalue weighted by Gasteiger charge is 2.15. The van der Waals surface area contributed by atoms with E-state index in [1.807, 2.05) is 0 Å². The highest BCUT2D eigenvalue weighted by Crippen LogP contribution is 2.15. The molecule has 0 N–H and O–H groups in total. The molecule has 0 heterocycles. The van der Waals surface area contributed by atoms with Crippen LogP contribution in [0.4, 0.5) is 0 Å². The summed E-state index contributed by atoms with van der Waals surface area (Å²) >= 11 is 0. The minimum absolute atomic E-state index is 0.00147. The fourth-order valence-electron chi connectivity index (χ4n) is 1.27. The Morgan fingerprint density at radius 3 is 2.23 bits per heavy atom. The third-order valence-electron chi connectivity index (χ3n) is 2.30. The zero-order valence-corrected chi connectivity index (χ0v) is 10.9. The van der Waals surface area contributed by atoms with Gasteiger partial charge in [0.2, 0.25) is 0 Å². The topological polar surface area (TPSA) is 9.23 Å². The standard InChI is InChI=1S/C11H18OSi/c1-9-4-6-10(7-5-9)8-11(2,3)12-13/h4-7H,8H2,1-3,13H3. The summed E-state index contributed by atoms with van der Waals surface area (Å²) in [5.41, 5.74) is 2.67. The maximum absolute atomic E-state index is 5.51. The minimum atomic E-state index is 0.00147. The molecule has 1 nitrogen and oxygen atoms in total. The first-order chi connectivity index (χ1) is 6.03. The molecule has 0 aliphatic heterocycles. The molecule has 0 saturated carbocycles. The van der Waals surface area contributed by atoms with Crippen LogP contribution < -0.4 is 0 Å². The molecular weight excluding hydrogens is 176 g/mol. The SMILES string of the molecule is Cc1ccc(CC(C)(C)O[SiH3])cc1. The largest absolute Gasteiger partial charge is 0.423 e. The maximum atomic E-state index is 5.51. The van der Waals surface area contributed by atoms with Crippen LogP contribution in [0.2, 0.25) is 0 Å². The van der Waals surface area contributed by atoms with E-state index in [0.717, 1.165) is 16.9 Å². The van der Waals surface area contributed by atoms with Gasteiger partial charge in [-0.2, -0.15) is 0 Å². The van der Waals surface area contributed by atoms with Crippen molar-refractivity contribution in [3.8, 4) is 0 Å². The fraction of sp³-hybridized carbons (Fsp3) is 0.455. The third-order valence-corrected chi connectivity index (χ3v) is 3.41. The summed E-state index contributed by atoms with van der Waals surface area (Å²) in [6.07, 6.45) is 0.997. The van der Waals surface area contributed by atoms with E-state index in [1.54, 1.807) is 0 Å². The average molecular weight is 194 g/mol. The average Bonchev–Trinajstić information content (AvgIpc) is 2.09. The lowest BCUT2D eigenvalue weighted by atomic mass is 9.98. The van der Waals surface area contributed by atoms with Gasteiger partial charge < -0.3 is 4.43 Å². The number of hydrogen-bond donors (Lipinski definition) is 0. The van der Waals surface area contributed by atoms with Gasteiger partial charge in [0.25, 0.3) is 0 Å². The molecule has 0 unspecified atom stereocenters. The van der Waals surface area contributed by atoms with E-state index in [9.17, 15) is 0 Å². The molecule has 72 valence electrons. The van der Waals surface area contributed by atoms with E-state index in [1.165, 1.54) is 11.1 Å². The Morgan fingerprint density at radius 1 is 1.23 bits per heavy atom. The van der Waals surface area contributed by atoms with Crippen LogP contribution in [-0.4, -0.2) is 16.1 Å². The van der Waals surface area contributed by atoms with Gasteiger partial charge in [0.05, 0.1) is 5.60 Å². The Morgan fingerprint density at radius 2 is 1.77 bits per heavy atom. The quantitative estimate of drug-likeness (QED) is 0.664. The first kappa shape index (κ1) is 10.5. The number of benzene rings is 1. The lowest BCUT2D eigenvalue weighted by molar-refractivity contribution is 0.124. The van der Waals surface area contributed by atoms with Gasteiger partial charge in [-0.1, -0.05) is 29.8 Å². The van der Waals surface area contributed by atoms with E-state index in [-0.39, 0.29) is 5.60 Å². The summed E-state index contributed by atoms with van der Waals surface area (Å²) in [5, 5.41) is 0. The molecular formula is C11H18OSi. The summed E-state index contributed by atoms with van der Waals surface area (Å²) in [7, 11) is 0.806. The zero-order chi connectivity index (χ0) is 9.90. The maximum Gasteiger partial charge on any atom is 0.146 e. The van der Waals surface area contributed by atoms with Gasteiger partial charge >= 0.3 is 0 Å². The summed E-state index contributed by atoms with van der Waals surface area (Å²) in [4.78, 5) is 0. The van der Waals surface area contributed by atoms with E-state index in [0.29, 0.717) is 0 Å². The number of rotatable bonds is 3. The predicted molar refractivity (Wildman–Crippen MR) is 60.0 cm³/mol. The van der Waals surface area contributed by atoms with Crippen molar-refractivity contribution >= 4 is 10.5 Å². The summed E-state index contributed by atoms with van der Waals surface area (Å²) in [6, 6.07) is 8.66. The van der Waals surface area contributed by atoms with E-state index >= 15 is 0 Å². The molecule has 1 aromatic rings. The number of aryl methyl sites for hydroxylation is 1. The van der Waals surface area contributed by atoms with Crippen LogP contribution in [-0.2, 0) is 10.8 Å². The molecule has 1 aromatic carbocycles. The Kier molecular flexibility index (Phi) is 3.28. The van der Waals surface area contributed by atoms with E-state index in [4.69, 9.17) is 4.43 Å². The van der Waals surface area contributed by atoms with Crippen LogP contribution in [0.15, 0.2) is 24.3 Å². The van der Waals surface area contributed by atoms with Crippen LogP contribution in [0.3, 0.4) is 0 Å². The van der Waals surface area contributed by atoms with Gasteiger partial charge in [0.15, 0.2) is 0 Å². The van der Waals surface area contributed by atoms with Crippen LogP contribution in [0.1, 0.15) is 25.0 Å². The molecule has 1 rings (SSSR count). The zero-order valence-electron chi connectivity index (χ0n) is 8.92. The number of hydrogen-bond acceptors (Lipinski definition) is 1. The highest BCUT2D eigenvalue weighted by atomic mass is 28.2. The molecule has 0 spiro atoms. The summed E-state index contributed by atoms with van der Waals surface area (Å²) in [5.74, 6) is 0. The van der Waals surface area contributed by atoms with Crippen molar-refractivity contribution in [1.29, 1.82) is 0 Å². The van der Waals surface area contributed by atoms with Crippen LogP contribution in [0.5, 0.6) is 0 Å². The molecule has 13 heavy (non-hydrogen) atoms. The second-order valence-corrected chi connectivity index (χ2v) is 4.53. The molecule has 2 heteroatoms. The Bertz CT molecular complexity index is 264. The molecule has 0 saturated heterocycles. The van der Waals surface area contributed by atoms with Crippen molar-refractivity contribution in [1.82, 2.24) is 0 Å². The van der Waals surface area contributed by atoms with Crippen molar-refractivity contribution in [3.63, 3.8) is 0 Å². The van der Waals surface area contributed by atoms with E-state index in [2.05, 4.69) is 45.0 Å². The van der Waals surface area contributed by atoms with Gasteiger partial charge in [-0.05, 0) is 32.8 Å². The molecule has 0 fully saturated rings. The normalized spacial score (nSPS) is 11.9. The van der Waals surface area contributed by atoms with Crippen molar-refractivity contribution < 1.29 is 4.43 Å². The van der Waals surface area contributed by atoms with Crippen LogP contribution in [0, 0.1) is 6.92 Å². The van der Waals surface area contributed by atoms with Gasteiger partial charge in [-0.15, -0.1) is 0 Å². The van der Waals surface area contributed by atoms with Crippen LogP contribution >= 0.6 is 0 Å². The highest BCUT2D eigenvalue weighted by molar-refractivity contribution is 5.98. The monoisotopic (exact) mass is 194 g/mol. The first-order valence-electron chi connectivity index (χ1n) is 4.64. The van der Waals surface area contributed by atoms with Gasteiger partial charge in [-0.3, -0.25) is 0 Å².